The molecule has 5 aliphatic rings. The van der Waals surface area contributed by atoms with E-state index in [1.807, 2.05) is 20.8 Å². The number of amides is 11. The van der Waals surface area contributed by atoms with Crippen molar-refractivity contribution in [3.05, 3.63) is 0 Å². The Morgan fingerprint density at radius 1 is 0.600 bits per heavy atom. The lowest BCUT2D eigenvalue weighted by atomic mass is 9.78. The van der Waals surface area contributed by atoms with Gasteiger partial charge in [0.15, 0.2) is 0 Å². The highest BCUT2D eigenvalue weighted by Crippen LogP contribution is 2.44. The number of halogens is 4. The molecular formula is C64H105ClF3N11O11. The topological polar surface area (TPSA) is 241 Å². The first-order valence-corrected chi connectivity index (χ1v) is 33.1. The van der Waals surface area contributed by atoms with Gasteiger partial charge < -0.3 is 54.7 Å². The monoisotopic (exact) mass is 1300 g/mol. The zero-order valence-corrected chi connectivity index (χ0v) is 57.1. The lowest BCUT2D eigenvalue weighted by molar-refractivity contribution is -0.182. The lowest BCUT2D eigenvalue weighted by Gasteiger charge is -2.45. The first-order chi connectivity index (χ1) is 41.9. The second-order valence-electron chi connectivity index (χ2n) is 27.7. The van der Waals surface area contributed by atoms with E-state index in [-0.39, 0.29) is 95.1 Å². The Balaban J connectivity index is 1.54. The van der Waals surface area contributed by atoms with Crippen molar-refractivity contribution < 1.29 is 65.9 Å². The second kappa shape index (κ2) is 31.7. The molecule has 0 spiro atoms. The molecule has 0 radical (unpaired) electrons. The molecule has 2 aliphatic carbocycles. The van der Waals surface area contributed by atoms with E-state index in [9.17, 15) is 61.1 Å². The average Bonchev–Trinajstić information content (AvgIpc) is 1.26. The zero-order chi connectivity index (χ0) is 67.8. The summed E-state index contributed by atoms with van der Waals surface area (Å²) >= 11 is 6.36. The summed E-state index contributed by atoms with van der Waals surface area (Å²) in [5, 5.41) is 4.45. The van der Waals surface area contributed by atoms with Crippen molar-refractivity contribution in [2.75, 3.05) is 69.0 Å². The number of hydrogen-bond donors (Lipinski definition) is 2. The van der Waals surface area contributed by atoms with Crippen LogP contribution in [0.5, 0.6) is 0 Å². The summed E-state index contributed by atoms with van der Waals surface area (Å²) in [6.07, 6.45) is 1.56. The number of nitrogens with zero attached hydrogens (tertiary/aromatic N) is 9. The van der Waals surface area contributed by atoms with Gasteiger partial charge in [-0.2, -0.15) is 13.2 Å². The van der Waals surface area contributed by atoms with Gasteiger partial charge in [0.05, 0.1) is 12.5 Å². The highest BCUT2D eigenvalue weighted by Gasteiger charge is 2.50. The van der Waals surface area contributed by atoms with Gasteiger partial charge in [0.2, 0.25) is 65.0 Å². The molecule has 0 aromatic carbocycles. The minimum absolute atomic E-state index is 0.0113. The van der Waals surface area contributed by atoms with Crippen LogP contribution in [-0.2, 0) is 52.7 Å². The van der Waals surface area contributed by atoms with E-state index in [0.29, 0.717) is 12.8 Å². The Kier molecular flexibility index (Phi) is 26.4. The number of rotatable bonds is 9. The number of nitrogens with one attached hydrogen (secondary N) is 2. The molecule has 5 fully saturated rings. The van der Waals surface area contributed by atoms with Gasteiger partial charge in [0, 0.05) is 80.3 Å². The van der Waals surface area contributed by atoms with Crippen molar-refractivity contribution in [3.63, 3.8) is 0 Å². The smallest absolute Gasteiger partial charge is 0.343 e. The van der Waals surface area contributed by atoms with Crippen LogP contribution in [0.2, 0.25) is 0 Å². The molecule has 26 heteroatoms. The van der Waals surface area contributed by atoms with Gasteiger partial charge >= 0.3 is 6.18 Å². The summed E-state index contributed by atoms with van der Waals surface area (Å²) < 4.78 is 41.7. The predicted molar refractivity (Wildman–Crippen MR) is 333 cm³/mol. The highest BCUT2D eigenvalue weighted by molar-refractivity contribution is 6.20. The number of carbonyl (C=O) groups is 11. The van der Waals surface area contributed by atoms with Crippen LogP contribution in [0.1, 0.15) is 171 Å². The van der Waals surface area contributed by atoms with Crippen LogP contribution in [0.25, 0.3) is 0 Å². The Morgan fingerprint density at radius 3 is 1.78 bits per heavy atom. The van der Waals surface area contributed by atoms with E-state index in [0.717, 1.165) is 32.1 Å². The summed E-state index contributed by atoms with van der Waals surface area (Å²) in [6, 6.07) is -9.68. The zero-order valence-electron chi connectivity index (χ0n) is 56.3. The van der Waals surface area contributed by atoms with Crippen LogP contribution < -0.4 is 10.6 Å². The molecule has 2 N–H and O–H groups in total. The van der Waals surface area contributed by atoms with Crippen molar-refractivity contribution in [1.82, 2.24) is 54.7 Å². The van der Waals surface area contributed by atoms with Crippen molar-refractivity contribution >= 4 is 76.6 Å². The minimum Gasteiger partial charge on any atom is -0.343 e. The molecule has 0 bridgehead atoms. The maximum Gasteiger partial charge on any atom is 0.393 e. The first kappa shape index (κ1) is 75.0. The molecular weight excluding hydrogens is 1190 g/mol. The third kappa shape index (κ3) is 17.7. The summed E-state index contributed by atoms with van der Waals surface area (Å²) in [5.74, 6) is -8.98. The molecule has 11 amide bonds. The third-order valence-corrected chi connectivity index (χ3v) is 21.2. The van der Waals surface area contributed by atoms with Crippen LogP contribution in [0.4, 0.5) is 13.2 Å². The molecule has 3 aliphatic heterocycles. The van der Waals surface area contributed by atoms with Crippen molar-refractivity contribution in [3.8, 4) is 0 Å². The van der Waals surface area contributed by atoms with Crippen LogP contribution in [0.15, 0.2) is 0 Å². The van der Waals surface area contributed by atoms with E-state index in [1.165, 1.54) is 121 Å². The summed E-state index contributed by atoms with van der Waals surface area (Å²) in [6.45, 7) is 14.8. The number of hydrogen-bond acceptors (Lipinski definition) is 11. The number of fused-ring (bicyclic) bond motifs is 2. The Morgan fingerprint density at radius 2 is 1.21 bits per heavy atom. The molecule has 0 aromatic rings. The normalized spacial score (nSPS) is 31.4. The van der Waals surface area contributed by atoms with Gasteiger partial charge in [0.1, 0.15) is 53.9 Å². The van der Waals surface area contributed by atoms with Gasteiger partial charge in [-0.15, -0.1) is 11.6 Å². The molecule has 3 heterocycles. The Bertz CT molecular complexity index is 2610. The van der Waals surface area contributed by atoms with Gasteiger partial charge in [0.25, 0.3) is 0 Å². The molecule has 90 heavy (non-hydrogen) atoms. The van der Waals surface area contributed by atoms with E-state index in [4.69, 9.17) is 11.6 Å². The average molecular weight is 1300 g/mol. The second-order valence-corrected chi connectivity index (χ2v) is 28.2. The number of carbonyl (C=O) groups excluding carboxylic acids is 11. The van der Waals surface area contributed by atoms with Gasteiger partial charge in [-0.25, -0.2) is 0 Å². The quantitative estimate of drug-likeness (QED) is 0.282. The maximum atomic E-state index is 15.1. The van der Waals surface area contributed by atoms with E-state index < -0.39 is 155 Å². The fourth-order valence-corrected chi connectivity index (χ4v) is 14.0. The highest BCUT2D eigenvalue weighted by atomic mass is 35.5. The predicted octanol–water partition coefficient (Wildman–Crippen LogP) is 5.27. The summed E-state index contributed by atoms with van der Waals surface area (Å²) in [5.41, 5.74) is -1.62. The van der Waals surface area contributed by atoms with Crippen LogP contribution in [0, 0.1) is 29.6 Å². The summed E-state index contributed by atoms with van der Waals surface area (Å²) in [4.78, 5) is 172. The van der Waals surface area contributed by atoms with Gasteiger partial charge in [-0.3, -0.25) is 52.7 Å². The molecule has 22 nitrogen and oxygen atoms in total. The standard InChI is InChI=1S/C64H105ClF3N11O11/c1-17-38(4)53-61(89)74(13)41(7)55(83)79-31-29-48(79)58(86)75(14)50(35-42-22-19-18-20-23-42)57(85)71(10)36-51(80)69-46(28-26-43-25-27-44(45(65)34-43)64(66,67)68)56(84)78-30-21-24-47(78)60(88)77(16)63(8,9)62(90)76(15)49(32-37(2)3)59(87)72(11)39(5)33-52(81)73(12)40(6)54(82)70-53/h37-50,53H,17-36H2,1-16H3,(H,69,80)(H,70,82)/t38-,39+,40-,41-,43?,44?,45?,46-,47-,48-,49-,50-,53-/m0/s1. The molecule has 13 atom stereocenters. The SMILES string of the molecule is CC[C@H](C)[C@@H]1NC(=O)[C@H](C)N(C)C(=O)C[C@@H](C)N(C)C(=O)[C@H](CC(C)C)N(C)C(=O)C(C)(C)N(C)C(=O)[C@@H]2CCCN2C(=O)[C@H](CCC2CCC(C(F)(F)F)C(Cl)C2)NC(=O)CN(C)C(=O)[C@H](CC2CCCCC2)N(C)C(=O)[C@@H]2CCN2C(=O)[C@H](C)N(C)C1=O. The fourth-order valence-electron chi connectivity index (χ4n) is 13.5. The fraction of sp³-hybridized carbons (Fsp3) is 0.828. The van der Waals surface area contributed by atoms with Crippen LogP contribution in [0.3, 0.4) is 0 Å². The number of alkyl halides is 4. The largest absolute Gasteiger partial charge is 0.393 e. The van der Waals surface area contributed by atoms with Crippen molar-refractivity contribution in [2.24, 2.45) is 29.6 Å². The van der Waals surface area contributed by atoms with Crippen LogP contribution >= 0.6 is 11.6 Å². The van der Waals surface area contributed by atoms with Crippen molar-refractivity contribution in [2.45, 2.75) is 243 Å². The minimum atomic E-state index is -4.49. The summed E-state index contributed by atoms with van der Waals surface area (Å²) in [7, 11) is 10.2. The Labute approximate surface area is 536 Å². The maximum absolute atomic E-state index is 15.1. The Hall–Kier alpha value is -5.75. The molecule has 0 aromatic heterocycles. The van der Waals surface area contributed by atoms with E-state index in [1.54, 1.807) is 13.8 Å². The molecule has 5 rings (SSSR count). The third-order valence-electron chi connectivity index (χ3n) is 20.7. The van der Waals surface area contributed by atoms with E-state index >= 15 is 4.79 Å². The lowest BCUT2D eigenvalue weighted by Crippen LogP contribution is -2.65. The first-order valence-electron chi connectivity index (χ1n) is 32.7. The van der Waals surface area contributed by atoms with Gasteiger partial charge in [-0.1, -0.05) is 66.2 Å². The molecule has 3 saturated heterocycles. The molecule has 2 saturated carbocycles. The van der Waals surface area contributed by atoms with E-state index in [2.05, 4.69) is 10.6 Å². The number of likely N-dealkylation sites (N-methyl/N-ethyl adjacent to an activating group) is 7. The molecule has 3 unspecified atom stereocenters. The van der Waals surface area contributed by atoms with Crippen LogP contribution in [-0.4, -0.2) is 250 Å². The van der Waals surface area contributed by atoms with Crippen molar-refractivity contribution in [1.29, 1.82) is 0 Å². The molecule has 510 valence electrons. The van der Waals surface area contributed by atoms with Gasteiger partial charge in [-0.05, 0) is 122 Å².